The second-order valence-electron chi connectivity index (χ2n) is 8.78. The van der Waals surface area contributed by atoms with E-state index in [1.165, 1.54) is 6.07 Å². The molecule has 1 aliphatic rings. The fourth-order valence-electron chi connectivity index (χ4n) is 4.15. The van der Waals surface area contributed by atoms with Gasteiger partial charge in [0, 0.05) is 62.4 Å². The number of hydrogen-bond acceptors (Lipinski definition) is 6. The third-order valence-corrected chi connectivity index (χ3v) is 7.59. The molecule has 1 amide bonds. The smallest absolute Gasteiger partial charge is 0.328 e. The Kier molecular flexibility index (Phi) is 7.83. The molecular formula is C24H31ClN6O3S. The lowest BCUT2D eigenvalue weighted by atomic mass is 10.2. The average Bonchev–Trinajstić information content (AvgIpc) is 3.27. The summed E-state index contributed by atoms with van der Waals surface area (Å²) in [5, 5.41) is 4.12. The molecule has 0 radical (unpaired) electrons. The molecule has 188 valence electrons. The fraction of sp³-hybridized carbons (Fsp3) is 0.417. The van der Waals surface area contributed by atoms with Crippen molar-refractivity contribution >= 4 is 50.1 Å². The van der Waals surface area contributed by atoms with E-state index in [9.17, 15) is 13.2 Å². The zero-order valence-corrected chi connectivity index (χ0v) is 21.5. The second-order valence-corrected chi connectivity index (χ2v) is 10.9. The SMILES string of the molecule is CC(C)Nc1cccnc1N1CCN(C(=O)n2ccc3cc(S(=O)(=O)NCCCCl)ccc32)CC1. The van der Waals surface area contributed by atoms with Crippen LogP contribution >= 0.6 is 11.6 Å². The van der Waals surface area contributed by atoms with E-state index in [1.54, 1.807) is 35.2 Å². The Hall–Kier alpha value is -2.82. The fourth-order valence-corrected chi connectivity index (χ4v) is 5.39. The number of halogens is 1. The van der Waals surface area contributed by atoms with E-state index < -0.39 is 10.0 Å². The van der Waals surface area contributed by atoms with Crippen LogP contribution in [0.1, 0.15) is 20.3 Å². The Balaban J connectivity index is 1.45. The van der Waals surface area contributed by atoms with Crippen molar-refractivity contribution in [3.05, 3.63) is 48.8 Å². The van der Waals surface area contributed by atoms with E-state index in [0.717, 1.165) is 11.5 Å². The van der Waals surface area contributed by atoms with Gasteiger partial charge < -0.3 is 15.1 Å². The highest BCUT2D eigenvalue weighted by atomic mass is 35.5. The van der Waals surface area contributed by atoms with Crippen molar-refractivity contribution in [1.29, 1.82) is 0 Å². The van der Waals surface area contributed by atoms with Crippen LogP contribution in [0, 0.1) is 0 Å². The molecule has 35 heavy (non-hydrogen) atoms. The van der Waals surface area contributed by atoms with Gasteiger partial charge in [-0.25, -0.2) is 22.9 Å². The summed E-state index contributed by atoms with van der Waals surface area (Å²) in [6, 6.07) is 10.7. The molecule has 1 aromatic carbocycles. The zero-order valence-electron chi connectivity index (χ0n) is 19.9. The van der Waals surface area contributed by atoms with Crippen LogP contribution in [0.3, 0.4) is 0 Å². The number of piperazine rings is 1. The van der Waals surface area contributed by atoms with Gasteiger partial charge in [-0.3, -0.25) is 4.57 Å². The summed E-state index contributed by atoms with van der Waals surface area (Å²) in [5.74, 6) is 1.28. The van der Waals surface area contributed by atoms with Crippen LogP contribution in [0.15, 0.2) is 53.7 Å². The predicted molar refractivity (Wildman–Crippen MR) is 140 cm³/mol. The number of carbonyl (C=O) groups excluding carboxylic acids is 1. The molecule has 3 heterocycles. The Morgan fingerprint density at radius 1 is 1.14 bits per heavy atom. The summed E-state index contributed by atoms with van der Waals surface area (Å²) in [6.45, 7) is 6.93. The molecule has 0 aliphatic carbocycles. The second kappa shape index (κ2) is 10.8. The molecule has 1 saturated heterocycles. The molecule has 2 N–H and O–H groups in total. The first-order valence-electron chi connectivity index (χ1n) is 11.7. The van der Waals surface area contributed by atoms with Crippen LogP contribution in [0.4, 0.5) is 16.3 Å². The number of fused-ring (bicyclic) bond motifs is 1. The number of carbonyl (C=O) groups is 1. The quantitative estimate of drug-likeness (QED) is 0.349. The molecule has 1 aliphatic heterocycles. The highest BCUT2D eigenvalue weighted by molar-refractivity contribution is 7.89. The molecule has 0 bridgehead atoms. The first-order chi connectivity index (χ1) is 16.8. The Labute approximate surface area is 211 Å². The Morgan fingerprint density at radius 2 is 1.91 bits per heavy atom. The van der Waals surface area contributed by atoms with Gasteiger partial charge in [0.15, 0.2) is 5.82 Å². The molecule has 0 spiro atoms. The van der Waals surface area contributed by atoms with Crippen LogP contribution in [-0.2, 0) is 10.0 Å². The van der Waals surface area contributed by atoms with Crippen molar-refractivity contribution in [2.45, 2.75) is 31.2 Å². The van der Waals surface area contributed by atoms with Crippen molar-refractivity contribution < 1.29 is 13.2 Å². The molecular weight excluding hydrogens is 488 g/mol. The monoisotopic (exact) mass is 518 g/mol. The average molecular weight is 519 g/mol. The number of benzene rings is 1. The lowest BCUT2D eigenvalue weighted by Crippen LogP contribution is -2.50. The van der Waals surface area contributed by atoms with E-state index in [0.29, 0.717) is 55.4 Å². The number of nitrogens with one attached hydrogen (secondary N) is 2. The standard InChI is InChI=1S/C24H31ClN6O3S/c1-18(2)28-21-5-3-10-26-23(21)29-13-15-30(16-14-29)24(32)31-12-8-19-17-20(6-7-22(19)31)35(33,34)27-11-4-9-25/h3,5-8,10,12,17-18,27-28H,4,9,11,13-16H2,1-2H3. The van der Waals surface area contributed by atoms with Gasteiger partial charge in [-0.05, 0) is 56.7 Å². The molecule has 9 nitrogen and oxygen atoms in total. The Bertz CT molecular complexity index is 1290. The Morgan fingerprint density at radius 3 is 2.63 bits per heavy atom. The first kappa shape index (κ1) is 25.3. The van der Waals surface area contributed by atoms with Gasteiger partial charge in [-0.1, -0.05) is 0 Å². The van der Waals surface area contributed by atoms with Gasteiger partial charge in [0.25, 0.3) is 0 Å². The van der Waals surface area contributed by atoms with E-state index >= 15 is 0 Å². The van der Waals surface area contributed by atoms with Crippen molar-refractivity contribution in [3.63, 3.8) is 0 Å². The minimum Gasteiger partial charge on any atom is -0.380 e. The van der Waals surface area contributed by atoms with Crippen LogP contribution in [0.5, 0.6) is 0 Å². The molecule has 0 saturated carbocycles. The van der Waals surface area contributed by atoms with Crippen LogP contribution in [-0.4, -0.2) is 73.5 Å². The van der Waals surface area contributed by atoms with Crippen molar-refractivity contribution in [2.24, 2.45) is 0 Å². The number of rotatable bonds is 8. The minimum atomic E-state index is -3.63. The topological polar surface area (TPSA) is 99.6 Å². The normalized spacial score (nSPS) is 14.6. The summed E-state index contributed by atoms with van der Waals surface area (Å²) in [4.78, 5) is 22.0. The number of nitrogens with zero attached hydrogens (tertiary/aromatic N) is 4. The van der Waals surface area contributed by atoms with Crippen LogP contribution in [0.25, 0.3) is 10.9 Å². The summed E-state index contributed by atoms with van der Waals surface area (Å²) in [7, 11) is -3.63. The van der Waals surface area contributed by atoms with E-state index in [4.69, 9.17) is 11.6 Å². The van der Waals surface area contributed by atoms with Gasteiger partial charge >= 0.3 is 6.03 Å². The largest absolute Gasteiger partial charge is 0.380 e. The van der Waals surface area contributed by atoms with Gasteiger partial charge in [-0.2, -0.15) is 0 Å². The number of amides is 1. The van der Waals surface area contributed by atoms with Crippen molar-refractivity contribution in [3.8, 4) is 0 Å². The minimum absolute atomic E-state index is 0.128. The summed E-state index contributed by atoms with van der Waals surface area (Å²) in [6.07, 6.45) is 4.03. The number of hydrogen-bond donors (Lipinski definition) is 2. The van der Waals surface area contributed by atoms with E-state index in [1.807, 2.05) is 17.0 Å². The van der Waals surface area contributed by atoms with Gasteiger partial charge in [0.2, 0.25) is 10.0 Å². The first-order valence-corrected chi connectivity index (χ1v) is 13.7. The maximum atomic E-state index is 13.3. The highest BCUT2D eigenvalue weighted by Gasteiger charge is 2.25. The lowest BCUT2D eigenvalue weighted by molar-refractivity contribution is 0.197. The predicted octanol–water partition coefficient (Wildman–Crippen LogP) is 3.55. The molecule has 1 fully saturated rings. The van der Waals surface area contributed by atoms with Gasteiger partial charge in [0.05, 0.1) is 16.1 Å². The van der Waals surface area contributed by atoms with Crippen molar-refractivity contribution in [1.82, 2.24) is 19.2 Å². The van der Waals surface area contributed by atoms with Gasteiger partial charge in [0.1, 0.15) is 0 Å². The number of aromatic nitrogens is 2. The maximum absolute atomic E-state index is 13.3. The molecule has 0 atom stereocenters. The van der Waals surface area contributed by atoms with E-state index in [-0.39, 0.29) is 17.5 Å². The summed E-state index contributed by atoms with van der Waals surface area (Å²) < 4.78 is 29.2. The third kappa shape index (κ3) is 5.71. The van der Waals surface area contributed by atoms with Crippen molar-refractivity contribution in [2.75, 3.05) is 48.8 Å². The molecule has 3 aromatic rings. The number of sulfonamides is 1. The molecule has 4 rings (SSSR count). The number of pyridine rings is 1. The summed E-state index contributed by atoms with van der Waals surface area (Å²) in [5.41, 5.74) is 1.66. The number of anilines is 2. The summed E-state index contributed by atoms with van der Waals surface area (Å²) >= 11 is 5.63. The highest BCUT2D eigenvalue weighted by Crippen LogP contribution is 2.25. The molecule has 0 unspecified atom stereocenters. The zero-order chi connectivity index (χ0) is 25.0. The third-order valence-electron chi connectivity index (χ3n) is 5.86. The molecule has 2 aromatic heterocycles. The lowest BCUT2D eigenvalue weighted by Gasteiger charge is -2.36. The van der Waals surface area contributed by atoms with Crippen LogP contribution in [0.2, 0.25) is 0 Å². The number of alkyl halides is 1. The van der Waals surface area contributed by atoms with Crippen LogP contribution < -0.4 is 14.9 Å². The molecule has 11 heteroatoms. The van der Waals surface area contributed by atoms with E-state index in [2.05, 4.69) is 33.8 Å². The maximum Gasteiger partial charge on any atom is 0.328 e. The van der Waals surface area contributed by atoms with Gasteiger partial charge in [-0.15, -0.1) is 11.6 Å².